The molecule has 0 bridgehead atoms. The lowest BCUT2D eigenvalue weighted by molar-refractivity contribution is 0.0993. The molecule has 3 aromatic carbocycles. The van der Waals surface area contributed by atoms with Crippen LogP contribution in [0.3, 0.4) is 0 Å². The topological polar surface area (TPSA) is 32.3 Å². The van der Waals surface area contributed by atoms with Crippen molar-refractivity contribution >= 4 is 41.3 Å². The van der Waals surface area contributed by atoms with E-state index in [1.807, 2.05) is 48.5 Å². The van der Waals surface area contributed by atoms with Gasteiger partial charge in [-0.2, -0.15) is 0 Å². The van der Waals surface area contributed by atoms with E-state index < -0.39 is 0 Å². The lowest BCUT2D eigenvalue weighted by Crippen LogP contribution is -2.32. The van der Waals surface area contributed by atoms with Gasteiger partial charge < -0.3 is 5.32 Å². The summed E-state index contributed by atoms with van der Waals surface area (Å²) in [4.78, 5) is 14.8. The number of hydrogen-bond acceptors (Lipinski definition) is 2. The predicted octanol–water partition coefficient (Wildman–Crippen LogP) is 5.84. The van der Waals surface area contributed by atoms with Crippen molar-refractivity contribution in [3.63, 3.8) is 0 Å². The minimum Gasteiger partial charge on any atom is -0.361 e. The molecule has 3 aromatic rings. The van der Waals surface area contributed by atoms with Crippen LogP contribution in [0.2, 0.25) is 5.02 Å². The number of nitrogens with one attached hydrogen (secondary N) is 1. The van der Waals surface area contributed by atoms with Gasteiger partial charge in [-0.25, -0.2) is 0 Å². The Labute approximate surface area is 164 Å². The van der Waals surface area contributed by atoms with E-state index in [4.69, 9.17) is 11.6 Å². The highest BCUT2D eigenvalue weighted by Crippen LogP contribution is 2.38. The fourth-order valence-electron chi connectivity index (χ4n) is 3.13. The number of carbonyl (C=O) groups is 1. The maximum atomic E-state index is 13.0. The highest BCUT2D eigenvalue weighted by atomic mass is 35.5. The first-order chi connectivity index (χ1) is 12.1. The largest absolute Gasteiger partial charge is 0.361 e. The van der Waals surface area contributed by atoms with Crippen molar-refractivity contribution in [3.05, 3.63) is 94.5 Å². The SMILES string of the molecule is Cc1ccc(NC2c3ccccc3C(=O)N2c2ccc(Cl)cc2)cc1.Cl. The molecule has 0 spiro atoms. The molecule has 132 valence electrons. The highest BCUT2D eigenvalue weighted by Gasteiger charge is 2.37. The second-order valence-corrected chi connectivity index (χ2v) is 6.59. The molecule has 0 radical (unpaired) electrons. The van der Waals surface area contributed by atoms with E-state index in [1.165, 1.54) is 5.56 Å². The van der Waals surface area contributed by atoms with E-state index in [1.54, 1.807) is 17.0 Å². The van der Waals surface area contributed by atoms with Crippen LogP contribution in [0.25, 0.3) is 0 Å². The lowest BCUT2D eigenvalue weighted by Gasteiger charge is -2.27. The van der Waals surface area contributed by atoms with Gasteiger partial charge in [0.05, 0.1) is 0 Å². The molecule has 26 heavy (non-hydrogen) atoms. The fourth-order valence-corrected chi connectivity index (χ4v) is 3.26. The third-order valence-electron chi connectivity index (χ3n) is 4.42. The van der Waals surface area contributed by atoms with Crippen molar-refractivity contribution in [2.75, 3.05) is 10.2 Å². The average Bonchev–Trinajstić information content (AvgIpc) is 2.90. The van der Waals surface area contributed by atoms with E-state index in [-0.39, 0.29) is 24.5 Å². The van der Waals surface area contributed by atoms with E-state index in [9.17, 15) is 4.79 Å². The lowest BCUT2D eigenvalue weighted by atomic mass is 10.1. The number of anilines is 2. The van der Waals surface area contributed by atoms with Gasteiger partial charge in [0, 0.05) is 27.5 Å². The summed E-state index contributed by atoms with van der Waals surface area (Å²) in [6.07, 6.45) is -0.257. The number of halogens is 2. The molecule has 1 aliphatic rings. The smallest absolute Gasteiger partial charge is 0.260 e. The van der Waals surface area contributed by atoms with Gasteiger partial charge in [0.15, 0.2) is 0 Å². The van der Waals surface area contributed by atoms with Crippen molar-refractivity contribution in [3.8, 4) is 0 Å². The van der Waals surface area contributed by atoms with Crippen molar-refractivity contribution in [1.82, 2.24) is 0 Å². The molecule has 1 atom stereocenters. The van der Waals surface area contributed by atoms with Crippen LogP contribution in [0.5, 0.6) is 0 Å². The van der Waals surface area contributed by atoms with Gasteiger partial charge in [-0.05, 0) is 49.4 Å². The minimum absolute atomic E-state index is 0. The quantitative estimate of drug-likeness (QED) is 0.614. The van der Waals surface area contributed by atoms with Crippen LogP contribution in [0, 0.1) is 6.92 Å². The molecule has 0 saturated heterocycles. The van der Waals surface area contributed by atoms with Gasteiger partial charge in [-0.15, -0.1) is 12.4 Å². The van der Waals surface area contributed by atoms with Crippen LogP contribution in [0.15, 0.2) is 72.8 Å². The molecular weight excluding hydrogens is 367 g/mol. The monoisotopic (exact) mass is 384 g/mol. The molecule has 1 amide bonds. The van der Waals surface area contributed by atoms with Crippen LogP contribution in [0.1, 0.15) is 27.7 Å². The molecular formula is C21H18Cl2N2O. The minimum atomic E-state index is -0.257. The van der Waals surface area contributed by atoms with Crippen LogP contribution in [0.4, 0.5) is 11.4 Å². The molecule has 0 aliphatic carbocycles. The molecule has 0 aromatic heterocycles. The maximum absolute atomic E-state index is 13.0. The normalized spacial score (nSPS) is 15.4. The molecule has 0 fully saturated rings. The second-order valence-electron chi connectivity index (χ2n) is 6.15. The highest BCUT2D eigenvalue weighted by molar-refractivity contribution is 6.30. The summed E-state index contributed by atoms with van der Waals surface area (Å²) in [5.74, 6) is -0.0115. The molecule has 5 heteroatoms. The van der Waals surface area contributed by atoms with Crippen LogP contribution >= 0.6 is 24.0 Å². The molecule has 1 N–H and O–H groups in total. The van der Waals surface area contributed by atoms with E-state index in [0.29, 0.717) is 5.02 Å². The van der Waals surface area contributed by atoms with Gasteiger partial charge in [-0.1, -0.05) is 47.5 Å². The van der Waals surface area contributed by atoms with Crippen LogP contribution < -0.4 is 10.2 Å². The number of amides is 1. The predicted molar refractivity (Wildman–Crippen MR) is 109 cm³/mol. The molecule has 3 nitrogen and oxygen atoms in total. The Kier molecular flexibility index (Phi) is 5.21. The second kappa shape index (κ2) is 7.40. The number of hydrogen-bond donors (Lipinski definition) is 1. The number of fused-ring (bicyclic) bond motifs is 1. The summed E-state index contributed by atoms with van der Waals surface area (Å²) in [5, 5.41) is 4.14. The third-order valence-corrected chi connectivity index (χ3v) is 4.67. The molecule has 1 aliphatic heterocycles. The van der Waals surface area contributed by atoms with E-state index in [0.717, 1.165) is 22.5 Å². The van der Waals surface area contributed by atoms with Crippen molar-refractivity contribution in [2.24, 2.45) is 0 Å². The number of aryl methyl sites for hydroxylation is 1. The molecule has 1 unspecified atom stereocenters. The number of nitrogens with zero attached hydrogens (tertiary/aromatic N) is 1. The van der Waals surface area contributed by atoms with Crippen molar-refractivity contribution in [2.45, 2.75) is 13.1 Å². The Morgan fingerprint density at radius 3 is 2.27 bits per heavy atom. The number of benzene rings is 3. The van der Waals surface area contributed by atoms with Gasteiger partial charge in [-0.3, -0.25) is 9.69 Å². The number of carbonyl (C=O) groups excluding carboxylic acids is 1. The van der Waals surface area contributed by atoms with Crippen molar-refractivity contribution in [1.29, 1.82) is 0 Å². The summed E-state index contributed by atoms with van der Waals surface area (Å²) in [6, 6.07) is 23.2. The first-order valence-corrected chi connectivity index (χ1v) is 8.52. The summed E-state index contributed by atoms with van der Waals surface area (Å²) < 4.78 is 0. The first kappa shape index (κ1) is 18.3. The maximum Gasteiger partial charge on any atom is 0.260 e. The Morgan fingerprint density at radius 2 is 1.58 bits per heavy atom. The Morgan fingerprint density at radius 1 is 0.923 bits per heavy atom. The summed E-state index contributed by atoms with van der Waals surface area (Å²) in [6.45, 7) is 2.05. The zero-order valence-electron chi connectivity index (χ0n) is 14.1. The number of rotatable bonds is 3. The summed E-state index contributed by atoms with van der Waals surface area (Å²) in [5.41, 5.74) is 4.68. The van der Waals surface area contributed by atoms with Crippen molar-refractivity contribution < 1.29 is 4.79 Å². The molecule has 1 heterocycles. The van der Waals surface area contributed by atoms with Gasteiger partial charge in [0.2, 0.25) is 0 Å². The summed E-state index contributed by atoms with van der Waals surface area (Å²) >= 11 is 6.01. The average molecular weight is 385 g/mol. The van der Waals surface area contributed by atoms with Gasteiger partial charge in [0.1, 0.15) is 6.17 Å². The third kappa shape index (κ3) is 3.28. The standard InChI is InChI=1S/C21H17ClN2O.ClH/c1-14-6-10-16(11-7-14)23-20-18-4-2-3-5-19(18)21(25)24(20)17-12-8-15(22)9-13-17;/h2-13,20,23H,1H3;1H. The van der Waals surface area contributed by atoms with Crippen LogP contribution in [-0.2, 0) is 0 Å². The van der Waals surface area contributed by atoms with E-state index in [2.05, 4.69) is 24.4 Å². The molecule has 0 saturated carbocycles. The zero-order valence-corrected chi connectivity index (χ0v) is 15.7. The Hall–Kier alpha value is -2.49. The zero-order chi connectivity index (χ0) is 17.4. The van der Waals surface area contributed by atoms with Crippen LogP contribution in [-0.4, -0.2) is 5.91 Å². The van der Waals surface area contributed by atoms with E-state index >= 15 is 0 Å². The Balaban J connectivity index is 0.00000196. The first-order valence-electron chi connectivity index (χ1n) is 8.15. The fraction of sp³-hybridized carbons (Fsp3) is 0.0952. The van der Waals surface area contributed by atoms with Gasteiger partial charge in [0.25, 0.3) is 5.91 Å². The van der Waals surface area contributed by atoms with Gasteiger partial charge >= 0.3 is 0 Å². The summed E-state index contributed by atoms with van der Waals surface area (Å²) in [7, 11) is 0. The Bertz CT molecular complexity index is 924. The molecule has 4 rings (SSSR count).